The number of carbonyl (C=O) groups is 1. The number of ether oxygens (including phenoxy) is 2. The van der Waals surface area contributed by atoms with E-state index in [0.29, 0.717) is 24.2 Å². The maximum atomic E-state index is 13.0. The highest BCUT2D eigenvalue weighted by Crippen LogP contribution is 2.38. The minimum absolute atomic E-state index is 0.0749. The summed E-state index contributed by atoms with van der Waals surface area (Å²) in [4.78, 5) is 26.7. The predicted molar refractivity (Wildman–Crippen MR) is 115 cm³/mol. The number of amides is 1. The fraction of sp³-hybridized carbons (Fsp3) is 0.381. The molecule has 0 aliphatic carbocycles. The highest BCUT2D eigenvalue weighted by atomic mass is 35.5. The number of nitro benzene ring substituents is 1. The van der Waals surface area contributed by atoms with Crippen LogP contribution in [0.15, 0.2) is 30.3 Å². The molecule has 0 unspecified atom stereocenters. The Morgan fingerprint density at radius 3 is 2.39 bits per heavy atom. The Balaban J connectivity index is 1.77. The quantitative estimate of drug-likeness (QED) is 0.436. The van der Waals surface area contributed by atoms with E-state index in [0.717, 1.165) is 12.1 Å². The number of carbonyl (C=O) groups excluding carboxylic acids is 1. The third kappa shape index (κ3) is 5.24. The molecule has 1 aliphatic heterocycles. The smallest absolute Gasteiger partial charge is 0.416 e. The highest BCUT2D eigenvalue weighted by molar-refractivity contribution is 6.32. The van der Waals surface area contributed by atoms with Gasteiger partial charge in [0.05, 0.1) is 29.2 Å². The van der Waals surface area contributed by atoms with Gasteiger partial charge in [0, 0.05) is 37.8 Å². The number of hydrogen-bond acceptors (Lipinski definition) is 6. The first kappa shape index (κ1) is 24.4. The number of anilines is 1. The van der Waals surface area contributed by atoms with Gasteiger partial charge in [-0.05, 0) is 31.2 Å². The van der Waals surface area contributed by atoms with Gasteiger partial charge in [0.25, 0.3) is 11.6 Å². The summed E-state index contributed by atoms with van der Waals surface area (Å²) < 4.78 is 49.6. The zero-order valence-electron chi connectivity index (χ0n) is 17.8. The van der Waals surface area contributed by atoms with Crippen molar-refractivity contribution in [2.24, 2.45) is 0 Å². The van der Waals surface area contributed by atoms with Gasteiger partial charge in [-0.25, -0.2) is 0 Å². The first-order valence-corrected chi connectivity index (χ1v) is 10.3. The Hall–Kier alpha value is -3.21. The van der Waals surface area contributed by atoms with E-state index in [1.165, 1.54) is 24.1 Å². The maximum Gasteiger partial charge on any atom is 0.416 e. The summed E-state index contributed by atoms with van der Waals surface area (Å²) in [7, 11) is 1.43. The zero-order valence-corrected chi connectivity index (χ0v) is 18.6. The summed E-state index contributed by atoms with van der Waals surface area (Å²) in [5.74, 6) is 0.323. The summed E-state index contributed by atoms with van der Waals surface area (Å²) in [6, 6.07) is 5.43. The van der Waals surface area contributed by atoms with Crippen molar-refractivity contribution in [3.63, 3.8) is 0 Å². The number of methoxy groups -OCH3 is 1. The number of halogens is 4. The molecule has 0 saturated carbocycles. The normalized spacial score (nSPS) is 14.2. The third-order valence-corrected chi connectivity index (χ3v) is 5.45. The molecule has 178 valence electrons. The van der Waals surface area contributed by atoms with Crippen molar-refractivity contribution in [1.82, 2.24) is 4.90 Å². The van der Waals surface area contributed by atoms with Crippen LogP contribution in [0.3, 0.4) is 0 Å². The van der Waals surface area contributed by atoms with Gasteiger partial charge < -0.3 is 19.3 Å². The topological polar surface area (TPSA) is 85.2 Å². The molecule has 0 N–H and O–H groups in total. The number of benzene rings is 2. The van der Waals surface area contributed by atoms with Crippen LogP contribution < -0.4 is 14.4 Å². The molecule has 0 spiro atoms. The van der Waals surface area contributed by atoms with Crippen LogP contribution in [0.25, 0.3) is 0 Å². The van der Waals surface area contributed by atoms with Crippen LogP contribution in [-0.2, 0) is 6.18 Å². The van der Waals surface area contributed by atoms with Gasteiger partial charge in [-0.3, -0.25) is 14.9 Å². The summed E-state index contributed by atoms with van der Waals surface area (Å²) in [6.45, 7) is 2.99. The molecule has 12 heteroatoms. The summed E-state index contributed by atoms with van der Waals surface area (Å²) in [5, 5.41) is 11.6. The molecule has 0 radical (unpaired) electrons. The second-order valence-corrected chi connectivity index (χ2v) is 7.57. The Labute approximate surface area is 192 Å². The minimum atomic E-state index is -4.69. The Kier molecular flexibility index (Phi) is 7.21. The number of nitrogens with zero attached hydrogens (tertiary/aromatic N) is 3. The van der Waals surface area contributed by atoms with Crippen LogP contribution in [0, 0.1) is 10.1 Å². The van der Waals surface area contributed by atoms with Crippen molar-refractivity contribution >= 4 is 28.9 Å². The molecule has 0 aromatic heterocycles. The largest absolute Gasteiger partial charge is 0.493 e. The van der Waals surface area contributed by atoms with Gasteiger partial charge in [-0.15, -0.1) is 0 Å². The van der Waals surface area contributed by atoms with Crippen LogP contribution in [0.5, 0.6) is 11.5 Å². The van der Waals surface area contributed by atoms with E-state index in [1.807, 2.05) is 0 Å². The van der Waals surface area contributed by atoms with E-state index in [9.17, 15) is 28.1 Å². The van der Waals surface area contributed by atoms with Gasteiger partial charge in [-0.1, -0.05) is 11.6 Å². The number of piperazine rings is 1. The van der Waals surface area contributed by atoms with Crippen molar-refractivity contribution in [1.29, 1.82) is 0 Å². The predicted octanol–water partition coefficient (Wildman–Crippen LogP) is 4.64. The van der Waals surface area contributed by atoms with E-state index in [-0.39, 0.29) is 48.4 Å². The highest BCUT2D eigenvalue weighted by Gasteiger charge is 2.34. The van der Waals surface area contributed by atoms with Gasteiger partial charge in [0.15, 0.2) is 11.5 Å². The van der Waals surface area contributed by atoms with E-state index < -0.39 is 22.4 Å². The average molecular weight is 488 g/mol. The number of nitro groups is 1. The van der Waals surface area contributed by atoms with Crippen LogP contribution >= 0.6 is 11.6 Å². The van der Waals surface area contributed by atoms with E-state index in [4.69, 9.17) is 21.1 Å². The second kappa shape index (κ2) is 9.74. The van der Waals surface area contributed by atoms with Crippen molar-refractivity contribution < 1.29 is 32.4 Å². The van der Waals surface area contributed by atoms with Crippen LogP contribution in [0.1, 0.15) is 22.8 Å². The molecule has 1 fully saturated rings. The molecule has 8 nitrogen and oxygen atoms in total. The van der Waals surface area contributed by atoms with Gasteiger partial charge in [0.1, 0.15) is 5.69 Å². The Morgan fingerprint density at radius 1 is 1.18 bits per heavy atom. The minimum Gasteiger partial charge on any atom is -0.493 e. The molecule has 1 heterocycles. The molecule has 1 saturated heterocycles. The van der Waals surface area contributed by atoms with Crippen molar-refractivity contribution in [2.45, 2.75) is 13.1 Å². The van der Waals surface area contributed by atoms with Gasteiger partial charge in [-0.2, -0.15) is 13.2 Å². The number of hydrogen-bond donors (Lipinski definition) is 0. The molecule has 1 amide bonds. The Bertz CT molecular complexity index is 1060. The number of rotatable bonds is 6. The molecule has 1 aliphatic rings. The lowest BCUT2D eigenvalue weighted by Crippen LogP contribution is -2.49. The summed E-state index contributed by atoms with van der Waals surface area (Å²) >= 11 is 6.24. The van der Waals surface area contributed by atoms with Crippen molar-refractivity contribution in [3.05, 3.63) is 56.6 Å². The van der Waals surface area contributed by atoms with Crippen LogP contribution in [-0.4, -0.2) is 55.6 Å². The van der Waals surface area contributed by atoms with Crippen LogP contribution in [0.2, 0.25) is 5.02 Å². The monoisotopic (exact) mass is 487 g/mol. The van der Waals surface area contributed by atoms with Gasteiger partial charge in [0.2, 0.25) is 0 Å². The fourth-order valence-electron chi connectivity index (χ4n) is 3.57. The lowest BCUT2D eigenvalue weighted by atomic mass is 10.1. The fourth-order valence-corrected chi connectivity index (χ4v) is 3.84. The molecule has 2 aromatic rings. The lowest BCUT2D eigenvalue weighted by molar-refractivity contribution is -0.384. The maximum absolute atomic E-state index is 13.0. The zero-order chi connectivity index (χ0) is 24.3. The molecule has 0 atom stereocenters. The molecule has 33 heavy (non-hydrogen) atoms. The first-order valence-electron chi connectivity index (χ1n) is 9.97. The molecular formula is C21H21ClF3N3O5. The van der Waals surface area contributed by atoms with Crippen molar-refractivity contribution in [3.8, 4) is 11.5 Å². The molecule has 2 aromatic carbocycles. The lowest BCUT2D eigenvalue weighted by Gasteiger charge is -2.36. The van der Waals surface area contributed by atoms with Crippen LogP contribution in [0.4, 0.5) is 24.5 Å². The van der Waals surface area contributed by atoms with E-state index in [1.54, 1.807) is 11.8 Å². The molecular weight excluding hydrogens is 467 g/mol. The SMILES string of the molecule is CCOc1c(Cl)cc(C(=O)N2CCN(c3ccc(C(F)(F)F)cc3[N+](=O)[O-])CC2)cc1OC. The molecule has 3 rings (SSSR count). The summed E-state index contributed by atoms with van der Waals surface area (Å²) in [5.41, 5.74) is -1.36. The standard InChI is InChI=1S/C21H21ClF3N3O5/c1-3-33-19-15(22)10-13(11-18(19)32-2)20(29)27-8-6-26(7-9-27)16-5-4-14(21(23,24)25)12-17(16)28(30)31/h4-5,10-12H,3,6-9H2,1-2H3. The van der Waals surface area contributed by atoms with E-state index >= 15 is 0 Å². The molecule has 0 bridgehead atoms. The van der Waals surface area contributed by atoms with E-state index in [2.05, 4.69) is 0 Å². The summed E-state index contributed by atoms with van der Waals surface area (Å²) in [6.07, 6.45) is -4.69. The third-order valence-electron chi connectivity index (χ3n) is 5.17. The average Bonchev–Trinajstić information content (AvgIpc) is 2.78. The first-order chi connectivity index (χ1) is 15.6. The number of alkyl halides is 3. The second-order valence-electron chi connectivity index (χ2n) is 7.16. The Morgan fingerprint density at radius 2 is 1.85 bits per heavy atom. The van der Waals surface area contributed by atoms with Crippen molar-refractivity contribution in [2.75, 3.05) is 44.8 Å². The van der Waals surface area contributed by atoms with Gasteiger partial charge >= 0.3 is 6.18 Å².